The van der Waals surface area contributed by atoms with Gasteiger partial charge in [0.1, 0.15) is 11.3 Å². The summed E-state index contributed by atoms with van der Waals surface area (Å²) in [4.78, 5) is 51.7. The van der Waals surface area contributed by atoms with Gasteiger partial charge < -0.3 is 34.6 Å². The Morgan fingerprint density at radius 2 is 1.06 bits per heavy atom. The first-order valence-electron chi connectivity index (χ1n) is 24.4. The minimum Gasteiger partial charge on any atom is -0.351 e. The number of hydrogen-bond acceptors (Lipinski definition) is 9. The molecular formula is C51H63N11O5S. The number of benzene rings is 2. The van der Waals surface area contributed by atoms with Crippen LogP contribution in [0.5, 0.6) is 0 Å². The summed E-state index contributed by atoms with van der Waals surface area (Å²) < 4.78 is 34.0. The molecule has 0 spiro atoms. The third-order valence-electron chi connectivity index (χ3n) is 13.5. The molecule has 5 N–H and O–H groups in total. The molecule has 0 bridgehead atoms. The fourth-order valence-electron chi connectivity index (χ4n) is 9.06. The van der Waals surface area contributed by atoms with E-state index in [1.54, 1.807) is 30.5 Å². The van der Waals surface area contributed by atoms with E-state index in [9.17, 15) is 22.8 Å². The van der Waals surface area contributed by atoms with Crippen LogP contribution in [-0.4, -0.2) is 119 Å². The maximum Gasteiger partial charge on any atom is 0.299 e. The lowest BCUT2D eigenvalue weighted by atomic mass is 9.93. The van der Waals surface area contributed by atoms with E-state index in [2.05, 4.69) is 45.2 Å². The third-order valence-corrected chi connectivity index (χ3v) is 14.6. The average molecular weight is 942 g/mol. The summed E-state index contributed by atoms with van der Waals surface area (Å²) >= 11 is 0. The first-order chi connectivity index (χ1) is 33.1. The third kappa shape index (κ3) is 12.3. The molecule has 3 amide bonds. The van der Waals surface area contributed by atoms with E-state index in [1.165, 1.54) is 51.4 Å². The summed E-state index contributed by atoms with van der Waals surface area (Å²) in [6.45, 7) is 6.96. The molecule has 16 nitrogen and oxygen atoms in total. The Balaban J connectivity index is 0.000000170. The number of nitrogens with zero attached hydrogens (tertiary/aromatic N) is 6. The van der Waals surface area contributed by atoms with Crippen molar-refractivity contribution in [2.75, 3.05) is 57.1 Å². The fraction of sp³-hybridized carbons (Fsp3) is 0.431. The summed E-state index contributed by atoms with van der Waals surface area (Å²) in [5.41, 5.74) is 6.91. The number of aromatic nitrogens is 4. The minimum atomic E-state index is -3.68. The highest BCUT2D eigenvalue weighted by Gasteiger charge is 2.22. The molecule has 4 aliphatic rings. The molecule has 17 heteroatoms. The SMILES string of the molecule is O=C(NC1CCC1)c1ccc2nc(-c3cccc(NS(=O)(=O)NCCN4CCCCC4)c3)cn2c1.O=C(NCCN1CCCCC1)c1cccc(-c2cn3cc(C(=O)NC4CCC4)ccc3n2)c1. The van der Waals surface area contributed by atoms with Crippen molar-refractivity contribution < 1.29 is 22.8 Å². The minimum absolute atomic E-state index is 0.0416. The van der Waals surface area contributed by atoms with Crippen LogP contribution in [-0.2, 0) is 10.2 Å². The van der Waals surface area contributed by atoms with Crippen molar-refractivity contribution in [1.82, 2.24) is 49.2 Å². The summed E-state index contributed by atoms with van der Waals surface area (Å²) in [5.74, 6) is -0.177. The summed E-state index contributed by atoms with van der Waals surface area (Å²) in [7, 11) is -3.68. The zero-order valence-corrected chi connectivity index (χ0v) is 39.5. The molecule has 6 aromatic rings. The molecule has 68 heavy (non-hydrogen) atoms. The molecule has 0 atom stereocenters. The van der Waals surface area contributed by atoms with Crippen LogP contribution in [0.4, 0.5) is 5.69 Å². The van der Waals surface area contributed by atoms with Crippen molar-refractivity contribution in [1.29, 1.82) is 0 Å². The van der Waals surface area contributed by atoms with Gasteiger partial charge in [-0.25, -0.2) is 9.97 Å². The normalized spacial score (nSPS) is 17.1. The van der Waals surface area contributed by atoms with Crippen molar-refractivity contribution in [2.45, 2.75) is 89.1 Å². The quantitative estimate of drug-likeness (QED) is 0.0721. The number of piperidine rings is 2. The van der Waals surface area contributed by atoms with Crippen LogP contribution in [0.3, 0.4) is 0 Å². The van der Waals surface area contributed by atoms with Crippen LogP contribution < -0.4 is 25.4 Å². The molecular weight excluding hydrogens is 879 g/mol. The first-order valence-corrected chi connectivity index (χ1v) is 25.9. The molecule has 2 aliphatic carbocycles. The number of fused-ring (bicyclic) bond motifs is 2. The number of imidazole rings is 2. The Bertz CT molecular complexity index is 2820. The average Bonchev–Trinajstić information content (AvgIpc) is 3.97. The van der Waals surface area contributed by atoms with Gasteiger partial charge in [0.15, 0.2) is 0 Å². The zero-order valence-electron chi connectivity index (χ0n) is 38.7. The maximum atomic E-state index is 12.7. The van der Waals surface area contributed by atoms with E-state index >= 15 is 0 Å². The molecule has 4 fully saturated rings. The van der Waals surface area contributed by atoms with E-state index in [1.807, 2.05) is 75.9 Å². The van der Waals surface area contributed by atoms with Gasteiger partial charge in [-0.05, 0) is 139 Å². The zero-order chi connectivity index (χ0) is 46.9. The molecule has 4 aromatic heterocycles. The molecule has 358 valence electrons. The van der Waals surface area contributed by atoms with Gasteiger partial charge in [-0.3, -0.25) is 19.1 Å². The van der Waals surface area contributed by atoms with Gasteiger partial charge in [0.2, 0.25) is 0 Å². The maximum absolute atomic E-state index is 12.7. The van der Waals surface area contributed by atoms with Crippen molar-refractivity contribution in [3.05, 3.63) is 114 Å². The number of likely N-dealkylation sites (tertiary alicyclic amines) is 2. The number of pyridine rings is 2. The van der Waals surface area contributed by atoms with Gasteiger partial charge in [0, 0.05) is 79.7 Å². The first kappa shape index (κ1) is 46.9. The number of hydrogen-bond donors (Lipinski definition) is 5. The fourth-order valence-corrected chi connectivity index (χ4v) is 9.93. The lowest BCUT2D eigenvalue weighted by molar-refractivity contribution is 0.0908. The summed E-state index contributed by atoms with van der Waals surface area (Å²) in [6.07, 6.45) is 21.3. The highest BCUT2D eigenvalue weighted by atomic mass is 32.2. The molecule has 0 radical (unpaired) electrons. The predicted octanol–water partition coefficient (Wildman–Crippen LogP) is 6.52. The van der Waals surface area contributed by atoms with Crippen LogP contribution in [0.15, 0.2) is 97.6 Å². The van der Waals surface area contributed by atoms with Gasteiger partial charge in [0.25, 0.3) is 27.9 Å². The number of carbonyl (C=O) groups excluding carboxylic acids is 3. The van der Waals surface area contributed by atoms with Crippen LogP contribution in [0.1, 0.15) is 108 Å². The van der Waals surface area contributed by atoms with Crippen molar-refractivity contribution in [3.8, 4) is 22.5 Å². The van der Waals surface area contributed by atoms with Crippen LogP contribution in [0.25, 0.3) is 33.8 Å². The van der Waals surface area contributed by atoms with Gasteiger partial charge in [-0.1, -0.05) is 37.1 Å². The Kier molecular flexibility index (Phi) is 15.1. The van der Waals surface area contributed by atoms with E-state index in [0.29, 0.717) is 59.4 Å². The second-order valence-corrected chi connectivity index (χ2v) is 20.0. The molecule has 2 aromatic carbocycles. The number of anilines is 1. The van der Waals surface area contributed by atoms with Crippen molar-refractivity contribution in [2.24, 2.45) is 0 Å². The Hall–Kier alpha value is -6.14. The molecule has 2 saturated heterocycles. The van der Waals surface area contributed by atoms with Crippen molar-refractivity contribution in [3.63, 3.8) is 0 Å². The van der Waals surface area contributed by atoms with Gasteiger partial charge in [-0.15, -0.1) is 0 Å². The largest absolute Gasteiger partial charge is 0.351 e. The lowest BCUT2D eigenvalue weighted by Gasteiger charge is -2.26. The molecule has 10 rings (SSSR count). The highest BCUT2D eigenvalue weighted by molar-refractivity contribution is 7.90. The second-order valence-electron chi connectivity index (χ2n) is 18.5. The smallest absolute Gasteiger partial charge is 0.299 e. The Labute approximate surface area is 398 Å². The molecule has 2 saturated carbocycles. The Morgan fingerprint density at radius 3 is 1.59 bits per heavy atom. The van der Waals surface area contributed by atoms with E-state index in [0.717, 1.165) is 80.9 Å². The van der Waals surface area contributed by atoms with E-state index in [4.69, 9.17) is 0 Å². The standard InChI is InChI=1S/C26H31N5O2.C25H32N6O3S/c32-25(27-12-15-30-13-2-1-3-14-30)20-7-4-6-19(16-20)23-18-31-17-21(10-11-24(31)29-23)26(33)28-22-8-5-9-22;32-25(27-21-7-5-8-21)20-10-11-24-28-23(18-31(24)17-20)19-6-4-9-22(16-19)29-35(33,34)26-12-15-30-13-2-1-3-14-30/h4,6-7,10-11,16-18,22H,1-3,5,8-9,12-15H2,(H,27,32)(H,28,33);4,6,9-11,16-18,21,26,29H,1-3,5,7-8,12-15H2,(H,27,32). The number of carbonyl (C=O) groups is 3. The van der Waals surface area contributed by atoms with Gasteiger partial charge in [-0.2, -0.15) is 13.1 Å². The van der Waals surface area contributed by atoms with Crippen LogP contribution in [0, 0.1) is 0 Å². The molecule has 0 unspecified atom stereocenters. The van der Waals surface area contributed by atoms with Crippen LogP contribution >= 0.6 is 0 Å². The number of nitrogens with one attached hydrogen (secondary N) is 5. The van der Waals surface area contributed by atoms with Crippen molar-refractivity contribution >= 4 is 44.9 Å². The summed E-state index contributed by atoms with van der Waals surface area (Å²) in [5, 5.41) is 9.17. The lowest BCUT2D eigenvalue weighted by Crippen LogP contribution is -2.39. The predicted molar refractivity (Wildman–Crippen MR) is 265 cm³/mol. The second kappa shape index (κ2) is 21.9. The van der Waals surface area contributed by atoms with E-state index in [-0.39, 0.29) is 23.8 Å². The summed E-state index contributed by atoms with van der Waals surface area (Å²) in [6, 6.07) is 22.6. The Morgan fingerprint density at radius 1 is 0.544 bits per heavy atom. The number of rotatable bonds is 16. The van der Waals surface area contributed by atoms with Gasteiger partial charge in [0.05, 0.1) is 28.2 Å². The molecule has 6 heterocycles. The van der Waals surface area contributed by atoms with E-state index < -0.39 is 10.2 Å². The number of amides is 3. The topological polar surface area (TPSA) is 187 Å². The van der Waals surface area contributed by atoms with Gasteiger partial charge >= 0.3 is 0 Å². The molecule has 2 aliphatic heterocycles. The monoisotopic (exact) mass is 941 g/mol. The van der Waals surface area contributed by atoms with Crippen LogP contribution in [0.2, 0.25) is 0 Å². The highest BCUT2D eigenvalue weighted by Crippen LogP contribution is 2.25.